The molecule has 0 aliphatic rings. The van der Waals surface area contributed by atoms with Crippen LogP contribution in [0.2, 0.25) is 5.02 Å². The highest BCUT2D eigenvalue weighted by atomic mass is 35.5. The van der Waals surface area contributed by atoms with E-state index in [1.54, 1.807) is 54.6 Å². The van der Waals surface area contributed by atoms with Crippen molar-refractivity contribution in [1.29, 1.82) is 0 Å². The SMILES string of the molecule is CCNC(=O)C(Cc1ccccc1)N(Cc1ccccc1Cl)C(=O)CN(c1cccc(C)c1C)S(=O)(=O)c1ccc(C)cc1. The van der Waals surface area contributed by atoms with E-state index in [4.69, 9.17) is 11.6 Å². The fourth-order valence-electron chi connectivity index (χ4n) is 5.01. The van der Waals surface area contributed by atoms with Crippen molar-refractivity contribution in [2.75, 3.05) is 17.4 Å². The Kier molecular flexibility index (Phi) is 10.8. The first kappa shape index (κ1) is 32.8. The molecule has 0 saturated carbocycles. The highest BCUT2D eigenvalue weighted by Crippen LogP contribution is 2.30. The van der Waals surface area contributed by atoms with E-state index in [-0.39, 0.29) is 23.8 Å². The number of likely N-dealkylation sites (N-methyl/N-ethyl adjacent to an activating group) is 1. The minimum absolute atomic E-state index is 0.0123. The minimum atomic E-state index is -4.18. The van der Waals surface area contributed by atoms with E-state index in [1.165, 1.54) is 4.90 Å². The first-order chi connectivity index (χ1) is 21.0. The lowest BCUT2D eigenvalue weighted by atomic mass is 10.0. The summed E-state index contributed by atoms with van der Waals surface area (Å²) in [4.78, 5) is 29.6. The molecule has 7 nitrogen and oxygen atoms in total. The number of anilines is 1. The molecule has 4 rings (SSSR count). The van der Waals surface area contributed by atoms with E-state index in [0.29, 0.717) is 22.8 Å². The van der Waals surface area contributed by atoms with Crippen LogP contribution in [0.5, 0.6) is 0 Å². The molecule has 0 spiro atoms. The lowest BCUT2D eigenvalue weighted by molar-refractivity contribution is -0.140. The van der Waals surface area contributed by atoms with Gasteiger partial charge in [-0.15, -0.1) is 0 Å². The van der Waals surface area contributed by atoms with Gasteiger partial charge in [0.25, 0.3) is 10.0 Å². The number of carbonyl (C=O) groups is 2. The van der Waals surface area contributed by atoms with Gasteiger partial charge in [-0.3, -0.25) is 13.9 Å². The van der Waals surface area contributed by atoms with Crippen LogP contribution in [0.3, 0.4) is 0 Å². The number of aryl methyl sites for hydroxylation is 2. The number of hydrogen-bond acceptors (Lipinski definition) is 4. The van der Waals surface area contributed by atoms with E-state index in [1.807, 2.05) is 70.2 Å². The van der Waals surface area contributed by atoms with Gasteiger partial charge >= 0.3 is 0 Å². The number of carbonyl (C=O) groups excluding carboxylic acids is 2. The molecule has 0 bridgehead atoms. The van der Waals surface area contributed by atoms with Crippen molar-refractivity contribution < 1.29 is 18.0 Å². The number of hydrogen-bond donors (Lipinski definition) is 1. The molecule has 2 amide bonds. The van der Waals surface area contributed by atoms with Crippen LogP contribution in [-0.4, -0.2) is 44.3 Å². The summed E-state index contributed by atoms with van der Waals surface area (Å²) in [6.45, 7) is 7.28. The fourth-order valence-corrected chi connectivity index (χ4v) is 6.68. The largest absolute Gasteiger partial charge is 0.355 e. The Morgan fingerprint density at radius 2 is 1.50 bits per heavy atom. The molecule has 0 aromatic heterocycles. The maximum atomic E-state index is 14.5. The molecule has 0 fully saturated rings. The lowest BCUT2D eigenvalue weighted by Gasteiger charge is -2.34. The zero-order valence-corrected chi connectivity index (χ0v) is 27.0. The van der Waals surface area contributed by atoms with Crippen molar-refractivity contribution in [2.24, 2.45) is 0 Å². The fraction of sp³-hybridized carbons (Fsp3) is 0.257. The summed E-state index contributed by atoms with van der Waals surface area (Å²) in [5.74, 6) is -0.870. The standard InChI is InChI=1S/C35H38ClN3O4S/c1-5-37-35(41)33(22-28-13-7-6-8-14-28)38(23-29-15-9-10-16-31(29)36)34(40)24-39(32-17-11-12-26(3)27(32)4)44(42,43)30-20-18-25(2)19-21-30/h6-21,33H,5,22-24H2,1-4H3,(H,37,41). The van der Waals surface area contributed by atoms with Crippen LogP contribution in [0, 0.1) is 20.8 Å². The molecule has 1 atom stereocenters. The van der Waals surface area contributed by atoms with E-state index < -0.39 is 28.5 Å². The molecule has 9 heteroatoms. The predicted molar refractivity (Wildman–Crippen MR) is 176 cm³/mol. The van der Waals surface area contributed by atoms with Crippen molar-refractivity contribution in [2.45, 2.75) is 51.6 Å². The van der Waals surface area contributed by atoms with E-state index in [2.05, 4.69) is 5.32 Å². The highest BCUT2D eigenvalue weighted by Gasteiger charge is 2.35. The molecule has 0 saturated heterocycles. The number of amides is 2. The molecule has 0 aliphatic heterocycles. The van der Waals surface area contributed by atoms with Gasteiger partial charge in [0.2, 0.25) is 11.8 Å². The molecular weight excluding hydrogens is 594 g/mol. The lowest BCUT2D eigenvalue weighted by Crippen LogP contribution is -2.53. The average Bonchev–Trinajstić information content (AvgIpc) is 3.01. The second-order valence-electron chi connectivity index (χ2n) is 10.8. The molecule has 4 aromatic rings. The van der Waals surface area contributed by atoms with Crippen LogP contribution < -0.4 is 9.62 Å². The normalized spacial score (nSPS) is 11.9. The summed E-state index contributed by atoms with van der Waals surface area (Å²) >= 11 is 6.54. The van der Waals surface area contributed by atoms with Crippen LogP contribution >= 0.6 is 11.6 Å². The quantitative estimate of drug-likeness (QED) is 0.201. The van der Waals surface area contributed by atoms with Crippen molar-refractivity contribution in [1.82, 2.24) is 10.2 Å². The van der Waals surface area contributed by atoms with Gasteiger partial charge in [0.1, 0.15) is 12.6 Å². The van der Waals surface area contributed by atoms with Gasteiger partial charge in [-0.2, -0.15) is 0 Å². The van der Waals surface area contributed by atoms with Crippen LogP contribution in [0.15, 0.2) is 102 Å². The maximum absolute atomic E-state index is 14.5. The smallest absolute Gasteiger partial charge is 0.264 e. The zero-order valence-electron chi connectivity index (χ0n) is 25.5. The summed E-state index contributed by atoms with van der Waals surface area (Å²) in [7, 11) is -4.18. The van der Waals surface area contributed by atoms with Crippen molar-refractivity contribution >= 4 is 39.1 Å². The third-order valence-electron chi connectivity index (χ3n) is 7.65. The van der Waals surface area contributed by atoms with Gasteiger partial charge in [0.05, 0.1) is 10.6 Å². The van der Waals surface area contributed by atoms with Gasteiger partial charge in [0, 0.05) is 24.5 Å². The zero-order chi connectivity index (χ0) is 31.9. The Labute approximate surface area is 265 Å². The second-order valence-corrected chi connectivity index (χ2v) is 13.0. The third kappa shape index (κ3) is 7.68. The van der Waals surface area contributed by atoms with Gasteiger partial charge in [0.15, 0.2) is 0 Å². The number of nitrogens with zero attached hydrogens (tertiary/aromatic N) is 2. The highest BCUT2D eigenvalue weighted by molar-refractivity contribution is 7.92. The Balaban J connectivity index is 1.84. The molecule has 1 N–H and O–H groups in total. The Bertz CT molecular complexity index is 1710. The van der Waals surface area contributed by atoms with E-state index in [9.17, 15) is 18.0 Å². The summed E-state index contributed by atoms with van der Waals surface area (Å²) in [5.41, 5.74) is 4.43. The summed E-state index contributed by atoms with van der Waals surface area (Å²) in [6.07, 6.45) is 0.233. The number of sulfonamides is 1. The Morgan fingerprint density at radius 1 is 0.841 bits per heavy atom. The van der Waals surface area contributed by atoms with E-state index in [0.717, 1.165) is 26.6 Å². The van der Waals surface area contributed by atoms with Crippen molar-refractivity contribution in [3.05, 3.63) is 130 Å². The third-order valence-corrected chi connectivity index (χ3v) is 9.80. The molecule has 0 radical (unpaired) electrons. The Morgan fingerprint density at radius 3 is 2.16 bits per heavy atom. The van der Waals surface area contributed by atoms with Crippen LogP contribution in [0.4, 0.5) is 5.69 Å². The van der Waals surface area contributed by atoms with E-state index >= 15 is 0 Å². The average molecular weight is 632 g/mol. The Hall–Kier alpha value is -4.14. The van der Waals surface area contributed by atoms with Gasteiger partial charge in [-0.1, -0.05) is 90.0 Å². The first-order valence-corrected chi connectivity index (χ1v) is 16.3. The molecule has 0 aliphatic carbocycles. The molecule has 1 unspecified atom stereocenters. The number of halogens is 1. The van der Waals surface area contributed by atoms with Crippen LogP contribution in [0.1, 0.15) is 34.7 Å². The minimum Gasteiger partial charge on any atom is -0.355 e. The monoisotopic (exact) mass is 631 g/mol. The summed E-state index contributed by atoms with van der Waals surface area (Å²) in [5, 5.41) is 3.31. The number of rotatable bonds is 12. The van der Waals surface area contributed by atoms with Crippen molar-refractivity contribution in [3.8, 4) is 0 Å². The first-order valence-electron chi connectivity index (χ1n) is 14.5. The van der Waals surface area contributed by atoms with Crippen LogP contribution in [-0.2, 0) is 32.6 Å². The molecule has 230 valence electrons. The van der Waals surface area contributed by atoms with Crippen molar-refractivity contribution in [3.63, 3.8) is 0 Å². The second kappa shape index (κ2) is 14.6. The maximum Gasteiger partial charge on any atom is 0.264 e. The number of nitrogens with one attached hydrogen (secondary N) is 1. The topological polar surface area (TPSA) is 86.8 Å². The number of benzene rings is 4. The predicted octanol–water partition coefficient (Wildman–Crippen LogP) is 6.24. The molecule has 0 heterocycles. The van der Waals surface area contributed by atoms with Gasteiger partial charge in [-0.25, -0.2) is 8.42 Å². The molecule has 4 aromatic carbocycles. The molecule has 44 heavy (non-hydrogen) atoms. The van der Waals surface area contributed by atoms with Gasteiger partial charge < -0.3 is 10.2 Å². The van der Waals surface area contributed by atoms with Crippen LogP contribution in [0.25, 0.3) is 0 Å². The van der Waals surface area contributed by atoms with Gasteiger partial charge in [-0.05, 0) is 74.2 Å². The molecular formula is C35H38ClN3O4S. The summed E-state index contributed by atoms with van der Waals surface area (Å²) < 4.78 is 29.6. The summed E-state index contributed by atoms with van der Waals surface area (Å²) in [6, 6.07) is 27.5.